The summed E-state index contributed by atoms with van der Waals surface area (Å²) in [5, 5.41) is 19.4. The highest BCUT2D eigenvalue weighted by atomic mass is 16.6. The number of nitro benzene ring substituents is 1. The molecule has 11 nitrogen and oxygen atoms in total. The van der Waals surface area contributed by atoms with Crippen molar-refractivity contribution >= 4 is 34.4 Å². The fraction of sp³-hybridized carbons (Fsp3) is 0.176. The third-order valence-corrected chi connectivity index (χ3v) is 7.13. The largest absolute Gasteiger partial charge is 0.496 e. The molecule has 0 atom stereocenters. The Morgan fingerprint density at radius 1 is 1.07 bits per heavy atom. The Bertz CT molecular complexity index is 1990. The summed E-state index contributed by atoms with van der Waals surface area (Å²) in [7, 11) is 1.61. The van der Waals surface area contributed by atoms with E-state index in [0.29, 0.717) is 22.2 Å². The summed E-state index contributed by atoms with van der Waals surface area (Å²) in [6.07, 6.45) is 1.29. The third kappa shape index (κ3) is 6.57. The van der Waals surface area contributed by atoms with E-state index >= 15 is 0 Å². The zero-order chi connectivity index (χ0) is 32.1. The van der Waals surface area contributed by atoms with Crippen LogP contribution in [0.5, 0.6) is 11.5 Å². The number of methoxy groups -OCH3 is 1. The summed E-state index contributed by atoms with van der Waals surface area (Å²) < 4.78 is 12.5. The van der Waals surface area contributed by atoms with E-state index in [-0.39, 0.29) is 28.7 Å². The number of anilines is 1. The van der Waals surface area contributed by atoms with Gasteiger partial charge < -0.3 is 14.8 Å². The topological polar surface area (TPSA) is 138 Å². The second-order valence-electron chi connectivity index (χ2n) is 10.5. The molecule has 5 rings (SSSR count). The van der Waals surface area contributed by atoms with Crippen molar-refractivity contribution in [3.05, 3.63) is 122 Å². The van der Waals surface area contributed by atoms with Crippen LogP contribution in [-0.4, -0.2) is 40.4 Å². The fourth-order valence-electron chi connectivity index (χ4n) is 4.89. The smallest absolute Gasteiger partial charge is 0.311 e. The second-order valence-corrected chi connectivity index (χ2v) is 10.5. The van der Waals surface area contributed by atoms with E-state index in [0.717, 1.165) is 16.9 Å². The minimum Gasteiger partial charge on any atom is -0.496 e. The normalized spacial score (nSPS) is 11.2. The number of aromatic nitrogens is 2. The Balaban J connectivity index is 1.60. The van der Waals surface area contributed by atoms with Crippen molar-refractivity contribution in [1.82, 2.24) is 9.66 Å². The first-order valence-corrected chi connectivity index (χ1v) is 14.2. The van der Waals surface area contributed by atoms with E-state index in [1.807, 2.05) is 39.0 Å². The number of benzene rings is 4. The first-order chi connectivity index (χ1) is 21.7. The lowest BCUT2D eigenvalue weighted by Gasteiger charge is -2.17. The lowest BCUT2D eigenvalue weighted by molar-refractivity contribution is -0.385. The van der Waals surface area contributed by atoms with Crippen molar-refractivity contribution in [1.29, 1.82) is 0 Å². The molecule has 1 N–H and O–H groups in total. The van der Waals surface area contributed by atoms with Gasteiger partial charge in [0.15, 0.2) is 12.4 Å². The van der Waals surface area contributed by atoms with Crippen LogP contribution in [0.3, 0.4) is 0 Å². The molecule has 0 spiro atoms. The molecular weight excluding hydrogens is 574 g/mol. The molecule has 5 aromatic rings. The SMILES string of the molecule is COc1cc(C)c(-c2nc3ccccc3c(=O)n2N=Cc2cccc([N+](=O)[O-])c2OCC(=O)Nc2ccccc2)cc1C(C)C. The Hall–Kier alpha value is -5.84. The fourth-order valence-corrected chi connectivity index (χ4v) is 4.89. The average molecular weight is 606 g/mol. The van der Waals surface area contributed by atoms with E-state index in [1.54, 1.807) is 61.7 Å². The lowest BCUT2D eigenvalue weighted by atomic mass is 9.96. The van der Waals surface area contributed by atoms with Crippen molar-refractivity contribution in [2.45, 2.75) is 26.7 Å². The van der Waals surface area contributed by atoms with Gasteiger partial charge in [0.1, 0.15) is 5.75 Å². The Labute approximate surface area is 258 Å². The van der Waals surface area contributed by atoms with Gasteiger partial charge in [0, 0.05) is 22.9 Å². The Kier molecular flexibility index (Phi) is 8.99. The van der Waals surface area contributed by atoms with Gasteiger partial charge in [-0.15, -0.1) is 0 Å². The molecule has 1 heterocycles. The van der Waals surface area contributed by atoms with E-state index in [4.69, 9.17) is 14.5 Å². The third-order valence-electron chi connectivity index (χ3n) is 7.13. The summed E-state index contributed by atoms with van der Waals surface area (Å²) >= 11 is 0. The maximum absolute atomic E-state index is 13.8. The van der Waals surface area contributed by atoms with E-state index in [1.165, 1.54) is 23.0 Å². The standard InChI is InChI=1S/C34H31N5O6/c1-21(2)26-18-27(22(3)17-30(26)44-4)33-37-28-15-9-8-14-25(28)34(41)38(33)35-19-23-11-10-16-29(39(42)43)32(23)45-20-31(40)36-24-12-6-5-7-13-24/h5-19,21H,20H2,1-4H3,(H,36,40). The molecule has 11 heteroatoms. The summed E-state index contributed by atoms with van der Waals surface area (Å²) in [4.78, 5) is 42.5. The molecule has 45 heavy (non-hydrogen) atoms. The summed E-state index contributed by atoms with van der Waals surface area (Å²) in [5.41, 5.74) is 2.87. The summed E-state index contributed by atoms with van der Waals surface area (Å²) in [6, 6.07) is 23.8. The number of hydrogen-bond donors (Lipinski definition) is 1. The van der Waals surface area contributed by atoms with Gasteiger partial charge in [-0.1, -0.05) is 50.2 Å². The molecule has 0 bridgehead atoms. The maximum Gasteiger partial charge on any atom is 0.311 e. The van der Waals surface area contributed by atoms with Crippen molar-refractivity contribution in [3.63, 3.8) is 0 Å². The molecule has 228 valence electrons. The van der Waals surface area contributed by atoms with Crippen molar-refractivity contribution in [2.24, 2.45) is 5.10 Å². The summed E-state index contributed by atoms with van der Waals surface area (Å²) in [5.74, 6) is 0.453. The predicted molar refractivity (Wildman–Crippen MR) is 173 cm³/mol. The molecule has 0 aliphatic heterocycles. The molecule has 0 unspecified atom stereocenters. The molecule has 0 radical (unpaired) electrons. The minimum atomic E-state index is -0.606. The van der Waals surface area contributed by atoms with Gasteiger partial charge in [-0.25, -0.2) is 4.98 Å². The molecule has 0 aliphatic rings. The van der Waals surface area contributed by atoms with Crippen LogP contribution in [0.2, 0.25) is 0 Å². The molecule has 4 aromatic carbocycles. The predicted octanol–water partition coefficient (Wildman–Crippen LogP) is 6.31. The lowest BCUT2D eigenvalue weighted by Crippen LogP contribution is -2.21. The quantitative estimate of drug-likeness (QED) is 0.112. The minimum absolute atomic E-state index is 0.118. The second kappa shape index (κ2) is 13.2. The van der Waals surface area contributed by atoms with Crippen molar-refractivity contribution in [2.75, 3.05) is 19.0 Å². The first kappa shape index (κ1) is 30.6. The Morgan fingerprint density at radius 3 is 2.51 bits per heavy atom. The van der Waals surface area contributed by atoms with Crippen LogP contribution in [0.4, 0.5) is 11.4 Å². The molecule has 0 aliphatic carbocycles. The van der Waals surface area contributed by atoms with Gasteiger partial charge in [0.25, 0.3) is 11.5 Å². The van der Waals surface area contributed by atoms with Gasteiger partial charge in [-0.2, -0.15) is 9.78 Å². The van der Waals surface area contributed by atoms with Crippen LogP contribution in [0, 0.1) is 17.0 Å². The van der Waals surface area contributed by atoms with Crippen LogP contribution in [0.1, 0.15) is 36.5 Å². The molecule has 1 aromatic heterocycles. The Morgan fingerprint density at radius 2 is 1.80 bits per heavy atom. The molecular formula is C34H31N5O6. The number of amides is 1. The van der Waals surface area contributed by atoms with Crippen molar-refractivity contribution in [3.8, 4) is 22.9 Å². The maximum atomic E-state index is 13.8. The number of fused-ring (bicyclic) bond motifs is 1. The number of hydrogen-bond acceptors (Lipinski definition) is 8. The number of nitrogens with one attached hydrogen (secondary N) is 1. The molecule has 1 amide bonds. The zero-order valence-corrected chi connectivity index (χ0v) is 25.2. The van der Waals surface area contributed by atoms with Crippen LogP contribution in [0.25, 0.3) is 22.3 Å². The molecule has 0 fully saturated rings. The van der Waals surface area contributed by atoms with Gasteiger partial charge in [0.05, 0.1) is 29.2 Å². The average Bonchev–Trinajstić information content (AvgIpc) is 3.03. The van der Waals surface area contributed by atoms with Gasteiger partial charge in [-0.3, -0.25) is 19.7 Å². The highest BCUT2D eigenvalue weighted by molar-refractivity contribution is 5.92. The highest BCUT2D eigenvalue weighted by Crippen LogP contribution is 2.34. The van der Waals surface area contributed by atoms with E-state index < -0.39 is 23.0 Å². The number of carbonyl (C=O) groups is 1. The van der Waals surface area contributed by atoms with Gasteiger partial charge in [0.2, 0.25) is 5.75 Å². The first-order valence-electron chi connectivity index (χ1n) is 14.2. The molecule has 0 saturated carbocycles. The van der Waals surface area contributed by atoms with Gasteiger partial charge in [-0.05, 0) is 66.4 Å². The number of nitrogens with zero attached hydrogens (tertiary/aromatic N) is 4. The number of rotatable bonds is 10. The number of nitro groups is 1. The van der Waals surface area contributed by atoms with Crippen LogP contribution in [-0.2, 0) is 4.79 Å². The monoisotopic (exact) mass is 605 g/mol. The van der Waals surface area contributed by atoms with Crippen LogP contribution in [0.15, 0.2) is 94.8 Å². The van der Waals surface area contributed by atoms with E-state index in [9.17, 15) is 19.7 Å². The number of ether oxygens (including phenoxy) is 2. The van der Waals surface area contributed by atoms with Crippen LogP contribution >= 0.6 is 0 Å². The number of carbonyl (C=O) groups excluding carboxylic acids is 1. The van der Waals surface area contributed by atoms with Crippen LogP contribution < -0.4 is 20.3 Å². The van der Waals surface area contributed by atoms with E-state index in [2.05, 4.69) is 10.4 Å². The number of para-hydroxylation sites is 3. The molecule has 0 saturated heterocycles. The van der Waals surface area contributed by atoms with Crippen molar-refractivity contribution < 1.29 is 19.2 Å². The zero-order valence-electron chi connectivity index (χ0n) is 25.2. The summed E-state index contributed by atoms with van der Waals surface area (Å²) in [6.45, 7) is 5.48. The highest BCUT2D eigenvalue weighted by Gasteiger charge is 2.21. The van der Waals surface area contributed by atoms with Gasteiger partial charge >= 0.3 is 5.69 Å². The number of aryl methyl sites for hydroxylation is 1.